The second kappa shape index (κ2) is 8.27. The average molecular weight is 402 g/mol. The molecular formula is C21H17ClFNO4. The topological polar surface area (TPSA) is 68.5 Å². The molecule has 144 valence electrons. The predicted octanol–water partition coefficient (Wildman–Crippen LogP) is 5.15. The molecule has 3 aromatic rings. The molecule has 0 fully saturated rings. The van der Waals surface area contributed by atoms with Gasteiger partial charge in [-0.3, -0.25) is 9.59 Å². The molecule has 0 aliphatic heterocycles. The van der Waals surface area contributed by atoms with Crippen molar-refractivity contribution in [1.82, 2.24) is 0 Å². The van der Waals surface area contributed by atoms with E-state index in [4.69, 9.17) is 20.8 Å². The van der Waals surface area contributed by atoms with Crippen molar-refractivity contribution in [3.8, 4) is 5.75 Å². The van der Waals surface area contributed by atoms with Crippen LogP contribution in [-0.2, 0) is 11.2 Å². The molecule has 0 bridgehead atoms. The molecule has 1 N–H and O–H groups in total. The number of aryl methyl sites for hydroxylation is 1. The zero-order valence-electron chi connectivity index (χ0n) is 15.2. The van der Waals surface area contributed by atoms with Gasteiger partial charge in [0.25, 0.3) is 5.91 Å². The van der Waals surface area contributed by atoms with Gasteiger partial charge in [-0.2, -0.15) is 0 Å². The SMILES string of the molecule is CC(=O)Oc1ccc(Cl)cc1Cc1ccc(C(=O)Nc2c(C)cccc2F)o1. The molecule has 0 saturated heterocycles. The highest BCUT2D eigenvalue weighted by atomic mass is 35.5. The van der Waals surface area contributed by atoms with Crippen LogP contribution in [0.3, 0.4) is 0 Å². The lowest BCUT2D eigenvalue weighted by Gasteiger charge is -2.09. The maximum Gasteiger partial charge on any atom is 0.308 e. The number of carbonyl (C=O) groups excluding carboxylic acids is 2. The Kier molecular flexibility index (Phi) is 5.80. The number of rotatable bonds is 5. The van der Waals surface area contributed by atoms with Crippen LogP contribution in [0.4, 0.5) is 10.1 Å². The lowest BCUT2D eigenvalue weighted by molar-refractivity contribution is -0.131. The van der Waals surface area contributed by atoms with Gasteiger partial charge in [-0.05, 0) is 48.9 Å². The Balaban J connectivity index is 1.78. The van der Waals surface area contributed by atoms with Crippen molar-refractivity contribution >= 4 is 29.2 Å². The molecule has 1 heterocycles. The van der Waals surface area contributed by atoms with Crippen LogP contribution in [-0.4, -0.2) is 11.9 Å². The minimum Gasteiger partial charge on any atom is -0.456 e. The zero-order valence-corrected chi connectivity index (χ0v) is 16.0. The number of ether oxygens (including phenoxy) is 1. The highest BCUT2D eigenvalue weighted by Crippen LogP contribution is 2.27. The van der Waals surface area contributed by atoms with Gasteiger partial charge in [0.1, 0.15) is 17.3 Å². The first-order chi connectivity index (χ1) is 13.3. The van der Waals surface area contributed by atoms with Gasteiger partial charge in [0.05, 0.1) is 5.69 Å². The summed E-state index contributed by atoms with van der Waals surface area (Å²) in [5, 5.41) is 3.00. The molecule has 1 aromatic heterocycles. The van der Waals surface area contributed by atoms with E-state index in [0.717, 1.165) is 0 Å². The van der Waals surface area contributed by atoms with Gasteiger partial charge in [-0.15, -0.1) is 0 Å². The molecule has 0 atom stereocenters. The Labute approximate surface area is 166 Å². The first-order valence-corrected chi connectivity index (χ1v) is 8.83. The summed E-state index contributed by atoms with van der Waals surface area (Å²) in [7, 11) is 0. The number of carbonyl (C=O) groups is 2. The molecule has 5 nitrogen and oxygen atoms in total. The molecule has 2 aromatic carbocycles. The molecule has 7 heteroatoms. The van der Waals surface area contributed by atoms with Crippen molar-refractivity contribution in [3.05, 3.63) is 82.0 Å². The Morgan fingerprint density at radius 3 is 2.68 bits per heavy atom. The van der Waals surface area contributed by atoms with Gasteiger partial charge in [-0.1, -0.05) is 23.7 Å². The molecular weight excluding hydrogens is 385 g/mol. The van der Waals surface area contributed by atoms with E-state index in [1.165, 1.54) is 19.1 Å². The number of halogens is 2. The van der Waals surface area contributed by atoms with Gasteiger partial charge in [0.2, 0.25) is 0 Å². The fourth-order valence-electron chi connectivity index (χ4n) is 2.69. The quantitative estimate of drug-likeness (QED) is 0.474. The smallest absolute Gasteiger partial charge is 0.308 e. The van der Waals surface area contributed by atoms with Crippen LogP contribution in [0.2, 0.25) is 5.02 Å². The first kappa shape index (κ1) is 19.6. The number of esters is 1. The number of para-hydroxylation sites is 1. The van der Waals surface area contributed by atoms with Gasteiger partial charge < -0.3 is 14.5 Å². The minimum atomic E-state index is -0.564. The normalized spacial score (nSPS) is 10.6. The Morgan fingerprint density at radius 1 is 1.18 bits per heavy atom. The summed E-state index contributed by atoms with van der Waals surface area (Å²) < 4.78 is 24.7. The third kappa shape index (κ3) is 4.58. The molecule has 0 spiro atoms. The van der Waals surface area contributed by atoms with Crippen LogP contribution < -0.4 is 10.1 Å². The first-order valence-electron chi connectivity index (χ1n) is 8.45. The van der Waals surface area contributed by atoms with Crippen LogP contribution in [0.15, 0.2) is 52.9 Å². The zero-order chi connectivity index (χ0) is 20.3. The number of benzene rings is 2. The second-order valence-electron chi connectivity index (χ2n) is 6.17. The Hall–Kier alpha value is -3.12. The van der Waals surface area contributed by atoms with E-state index in [1.54, 1.807) is 43.3 Å². The van der Waals surface area contributed by atoms with Crippen molar-refractivity contribution in [1.29, 1.82) is 0 Å². The molecule has 3 rings (SSSR count). The van der Waals surface area contributed by atoms with E-state index >= 15 is 0 Å². The van der Waals surface area contributed by atoms with E-state index in [0.29, 0.717) is 27.7 Å². The van der Waals surface area contributed by atoms with E-state index in [2.05, 4.69) is 5.32 Å². The monoisotopic (exact) mass is 401 g/mol. The maximum atomic E-state index is 13.9. The summed E-state index contributed by atoms with van der Waals surface area (Å²) in [4.78, 5) is 23.7. The lowest BCUT2D eigenvalue weighted by Crippen LogP contribution is -2.13. The highest BCUT2D eigenvalue weighted by molar-refractivity contribution is 6.30. The van der Waals surface area contributed by atoms with Gasteiger partial charge >= 0.3 is 5.97 Å². The van der Waals surface area contributed by atoms with Gasteiger partial charge in [0, 0.05) is 23.9 Å². The standard InChI is InChI=1S/C21H17ClFNO4/c1-12-4-3-5-17(23)20(12)24-21(26)19-9-7-16(28-19)11-14-10-15(22)6-8-18(14)27-13(2)25/h3-10H,11H2,1-2H3,(H,24,26). The summed E-state index contributed by atoms with van der Waals surface area (Å²) in [6.45, 7) is 3.00. The van der Waals surface area contributed by atoms with Crippen molar-refractivity contribution < 1.29 is 23.1 Å². The summed E-state index contributed by atoms with van der Waals surface area (Å²) in [5.74, 6) is -0.680. The van der Waals surface area contributed by atoms with E-state index in [1.807, 2.05) is 0 Å². The third-order valence-electron chi connectivity index (χ3n) is 3.99. The molecule has 28 heavy (non-hydrogen) atoms. The van der Waals surface area contributed by atoms with Crippen molar-refractivity contribution in [2.75, 3.05) is 5.32 Å². The highest BCUT2D eigenvalue weighted by Gasteiger charge is 2.16. The fraction of sp³-hybridized carbons (Fsp3) is 0.143. The van der Waals surface area contributed by atoms with E-state index < -0.39 is 17.7 Å². The second-order valence-corrected chi connectivity index (χ2v) is 6.61. The van der Waals surface area contributed by atoms with Gasteiger partial charge in [0.15, 0.2) is 5.76 Å². The van der Waals surface area contributed by atoms with E-state index in [9.17, 15) is 14.0 Å². The summed E-state index contributed by atoms with van der Waals surface area (Å²) in [5.41, 5.74) is 1.34. The minimum absolute atomic E-state index is 0.0358. The maximum absolute atomic E-state index is 13.9. The Bertz CT molecular complexity index is 1020. The summed E-state index contributed by atoms with van der Waals surface area (Å²) in [6.07, 6.45) is 0.259. The van der Waals surface area contributed by atoms with Crippen molar-refractivity contribution in [2.24, 2.45) is 0 Å². The Morgan fingerprint density at radius 2 is 1.96 bits per heavy atom. The number of furan rings is 1. The average Bonchev–Trinajstić information content (AvgIpc) is 3.09. The molecule has 0 saturated carbocycles. The number of anilines is 1. The largest absolute Gasteiger partial charge is 0.456 e. The predicted molar refractivity (Wildman–Crippen MR) is 103 cm³/mol. The van der Waals surface area contributed by atoms with Crippen LogP contribution in [0.25, 0.3) is 0 Å². The van der Waals surface area contributed by atoms with Crippen LogP contribution >= 0.6 is 11.6 Å². The molecule has 0 aliphatic carbocycles. The van der Waals surface area contributed by atoms with Crippen LogP contribution in [0, 0.1) is 12.7 Å². The number of hydrogen-bond donors (Lipinski definition) is 1. The number of amides is 1. The summed E-state index contributed by atoms with van der Waals surface area (Å²) >= 11 is 6.02. The fourth-order valence-corrected chi connectivity index (χ4v) is 2.88. The van der Waals surface area contributed by atoms with Crippen molar-refractivity contribution in [2.45, 2.75) is 20.3 Å². The third-order valence-corrected chi connectivity index (χ3v) is 4.22. The van der Waals surface area contributed by atoms with Crippen LogP contribution in [0.5, 0.6) is 5.75 Å². The summed E-state index contributed by atoms with van der Waals surface area (Å²) in [6, 6.07) is 12.5. The van der Waals surface area contributed by atoms with Gasteiger partial charge in [-0.25, -0.2) is 4.39 Å². The molecule has 0 radical (unpaired) electrons. The lowest BCUT2D eigenvalue weighted by atomic mass is 10.1. The molecule has 0 aliphatic rings. The van der Waals surface area contributed by atoms with Crippen LogP contribution in [0.1, 0.15) is 34.4 Å². The molecule has 1 amide bonds. The number of nitrogens with one attached hydrogen (secondary N) is 1. The number of hydrogen-bond acceptors (Lipinski definition) is 4. The molecule has 0 unspecified atom stereocenters. The van der Waals surface area contributed by atoms with Crippen molar-refractivity contribution in [3.63, 3.8) is 0 Å². The van der Waals surface area contributed by atoms with E-state index in [-0.39, 0.29) is 17.9 Å².